The number of ether oxygens (including phenoxy) is 1. The van der Waals surface area contributed by atoms with Gasteiger partial charge in [0.05, 0.1) is 0 Å². The number of ketones is 1. The second kappa shape index (κ2) is 5.76. The highest BCUT2D eigenvalue weighted by Crippen LogP contribution is 2.17. The molecule has 0 N–H and O–H groups in total. The van der Waals surface area contributed by atoms with Crippen molar-refractivity contribution in [2.75, 3.05) is 0 Å². The molecule has 1 rings (SSSR count). The predicted octanol–water partition coefficient (Wildman–Crippen LogP) is 2.63. The van der Waals surface area contributed by atoms with Gasteiger partial charge in [-0.2, -0.15) is 0 Å². The molecule has 0 spiro atoms. The fourth-order valence-corrected chi connectivity index (χ4v) is 1.54. The molecule has 0 saturated carbocycles. The summed E-state index contributed by atoms with van der Waals surface area (Å²) in [7, 11) is 0. The SMILES string of the molecule is CCC(C(=O)OC(C)(C)C)C(=O)c1cccnc1. The minimum atomic E-state index is -0.756. The van der Waals surface area contributed by atoms with Gasteiger partial charge in [0.15, 0.2) is 5.78 Å². The zero-order chi connectivity index (χ0) is 13.8. The lowest BCUT2D eigenvalue weighted by Crippen LogP contribution is -2.32. The summed E-state index contributed by atoms with van der Waals surface area (Å²) < 4.78 is 5.25. The van der Waals surface area contributed by atoms with Crippen molar-refractivity contribution in [1.29, 1.82) is 0 Å². The van der Waals surface area contributed by atoms with Crippen LogP contribution in [0.5, 0.6) is 0 Å². The molecule has 0 bridgehead atoms. The fraction of sp³-hybridized carbons (Fsp3) is 0.500. The van der Waals surface area contributed by atoms with Gasteiger partial charge in [-0.05, 0) is 39.3 Å². The Bertz CT molecular complexity index is 420. The summed E-state index contributed by atoms with van der Waals surface area (Å²) in [5.74, 6) is -1.47. The lowest BCUT2D eigenvalue weighted by molar-refractivity contribution is -0.158. The van der Waals surface area contributed by atoms with Gasteiger partial charge in [0.2, 0.25) is 0 Å². The molecule has 18 heavy (non-hydrogen) atoms. The minimum Gasteiger partial charge on any atom is -0.459 e. The average molecular weight is 249 g/mol. The number of nitrogens with zero attached hydrogens (tertiary/aromatic N) is 1. The molecule has 0 aliphatic rings. The highest BCUT2D eigenvalue weighted by molar-refractivity contribution is 6.08. The Morgan fingerprint density at radius 3 is 2.50 bits per heavy atom. The molecule has 0 aliphatic heterocycles. The summed E-state index contributed by atoms with van der Waals surface area (Å²) in [6.07, 6.45) is 3.48. The molecule has 1 heterocycles. The lowest BCUT2D eigenvalue weighted by atomic mass is 9.96. The van der Waals surface area contributed by atoms with Crippen molar-refractivity contribution in [3.05, 3.63) is 30.1 Å². The molecule has 4 nitrogen and oxygen atoms in total. The molecule has 0 aromatic carbocycles. The number of hydrogen-bond acceptors (Lipinski definition) is 4. The minimum absolute atomic E-state index is 0.236. The van der Waals surface area contributed by atoms with Crippen LogP contribution in [-0.2, 0) is 9.53 Å². The zero-order valence-corrected chi connectivity index (χ0v) is 11.3. The maximum Gasteiger partial charge on any atom is 0.317 e. The van der Waals surface area contributed by atoms with Crippen LogP contribution in [0.4, 0.5) is 0 Å². The maximum atomic E-state index is 12.2. The Hall–Kier alpha value is -1.71. The summed E-state index contributed by atoms with van der Waals surface area (Å²) in [5, 5.41) is 0. The number of esters is 1. The standard InChI is InChI=1S/C14H19NO3/c1-5-11(13(17)18-14(2,3)4)12(16)10-7-6-8-15-9-10/h6-9,11H,5H2,1-4H3. The van der Waals surface area contributed by atoms with Crippen LogP contribution >= 0.6 is 0 Å². The van der Waals surface area contributed by atoms with Crippen LogP contribution in [0.15, 0.2) is 24.5 Å². The van der Waals surface area contributed by atoms with E-state index in [0.29, 0.717) is 12.0 Å². The van der Waals surface area contributed by atoms with Crippen molar-refractivity contribution in [1.82, 2.24) is 4.98 Å². The van der Waals surface area contributed by atoms with E-state index in [1.54, 1.807) is 46.0 Å². The van der Waals surface area contributed by atoms with Gasteiger partial charge in [0.1, 0.15) is 11.5 Å². The Morgan fingerprint density at radius 2 is 2.06 bits per heavy atom. The first-order valence-corrected chi connectivity index (χ1v) is 6.02. The molecule has 0 fully saturated rings. The van der Waals surface area contributed by atoms with Crippen LogP contribution in [0.3, 0.4) is 0 Å². The van der Waals surface area contributed by atoms with Crippen molar-refractivity contribution >= 4 is 11.8 Å². The molecule has 1 unspecified atom stereocenters. The highest BCUT2D eigenvalue weighted by atomic mass is 16.6. The van der Waals surface area contributed by atoms with Gasteiger partial charge in [-0.1, -0.05) is 6.92 Å². The fourth-order valence-electron chi connectivity index (χ4n) is 1.54. The average Bonchev–Trinajstić information content (AvgIpc) is 2.28. The van der Waals surface area contributed by atoms with Crippen LogP contribution in [0.1, 0.15) is 44.5 Å². The lowest BCUT2D eigenvalue weighted by Gasteiger charge is -2.22. The van der Waals surface area contributed by atoms with E-state index < -0.39 is 17.5 Å². The molecule has 0 amide bonds. The molecule has 4 heteroatoms. The van der Waals surface area contributed by atoms with Crippen molar-refractivity contribution in [3.63, 3.8) is 0 Å². The smallest absolute Gasteiger partial charge is 0.317 e. The molecule has 0 aliphatic carbocycles. The number of Topliss-reactive ketones (excluding diaryl/α,β-unsaturated/α-hetero) is 1. The topological polar surface area (TPSA) is 56.3 Å². The Balaban J connectivity index is 2.84. The van der Waals surface area contributed by atoms with Crippen molar-refractivity contribution in [2.45, 2.75) is 39.7 Å². The van der Waals surface area contributed by atoms with Crippen LogP contribution in [0, 0.1) is 5.92 Å². The number of pyridine rings is 1. The van der Waals surface area contributed by atoms with Gasteiger partial charge in [-0.25, -0.2) is 0 Å². The molecule has 1 aromatic heterocycles. The largest absolute Gasteiger partial charge is 0.459 e. The van der Waals surface area contributed by atoms with E-state index in [-0.39, 0.29) is 5.78 Å². The van der Waals surface area contributed by atoms with E-state index in [4.69, 9.17) is 4.74 Å². The predicted molar refractivity (Wildman–Crippen MR) is 68.2 cm³/mol. The first kappa shape index (κ1) is 14.4. The second-order valence-electron chi connectivity index (χ2n) is 5.10. The Morgan fingerprint density at radius 1 is 1.39 bits per heavy atom. The van der Waals surface area contributed by atoms with Gasteiger partial charge in [-0.15, -0.1) is 0 Å². The van der Waals surface area contributed by atoms with Gasteiger partial charge in [0, 0.05) is 18.0 Å². The third-order valence-corrected chi connectivity index (χ3v) is 2.36. The van der Waals surface area contributed by atoms with E-state index in [9.17, 15) is 9.59 Å². The molecule has 0 saturated heterocycles. The van der Waals surface area contributed by atoms with Gasteiger partial charge in [-0.3, -0.25) is 14.6 Å². The summed E-state index contributed by atoms with van der Waals surface area (Å²) in [4.78, 5) is 28.0. The van der Waals surface area contributed by atoms with Crippen molar-refractivity contribution < 1.29 is 14.3 Å². The van der Waals surface area contributed by atoms with E-state index in [2.05, 4.69) is 4.98 Å². The summed E-state index contributed by atoms with van der Waals surface area (Å²) in [6, 6.07) is 3.33. The summed E-state index contributed by atoms with van der Waals surface area (Å²) in [6.45, 7) is 7.15. The van der Waals surface area contributed by atoms with Crippen LogP contribution in [0.2, 0.25) is 0 Å². The summed E-state index contributed by atoms with van der Waals surface area (Å²) >= 11 is 0. The first-order chi connectivity index (χ1) is 8.35. The van der Waals surface area contributed by atoms with Gasteiger partial charge >= 0.3 is 5.97 Å². The molecular formula is C14H19NO3. The van der Waals surface area contributed by atoms with Crippen molar-refractivity contribution in [2.24, 2.45) is 5.92 Å². The highest BCUT2D eigenvalue weighted by Gasteiger charge is 2.30. The molecule has 0 radical (unpaired) electrons. The Labute approximate surface area is 107 Å². The number of rotatable bonds is 4. The normalized spacial score (nSPS) is 12.9. The third-order valence-electron chi connectivity index (χ3n) is 2.36. The molecule has 98 valence electrons. The first-order valence-electron chi connectivity index (χ1n) is 6.02. The Kier molecular flexibility index (Phi) is 4.59. The van der Waals surface area contributed by atoms with E-state index in [0.717, 1.165) is 0 Å². The van der Waals surface area contributed by atoms with E-state index in [1.807, 2.05) is 0 Å². The van der Waals surface area contributed by atoms with Crippen LogP contribution < -0.4 is 0 Å². The number of carbonyl (C=O) groups excluding carboxylic acids is 2. The molecule has 1 atom stereocenters. The van der Waals surface area contributed by atoms with E-state index in [1.165, 1.54) is 6.20 Å². The maximum absolute atomic E-state index is 12.2. The summed E-state index contributed by atoms with van der Waals surface area (Å²) in [5.41, 5.74) is -0.144. The number of carbonyl (C=O) groups is 2. The van der Waals surface area contributed by atoms with Crippen molar-refractivity contribution in [3.8, 4) is 0 Å². The zero-order valence-electron chi connectivity index (χ0n) is 11.3. The number of aromatic nitrogens is 1. The monoisotopic (exact) mass is 249 g/mol. The van der Waals surface area contributed by atoms with Gasteiger partial charge in [0.25, 0.3) is 0 Å². The van der Waals surface area contributed by atoms with Crippen LogP contribution in [-0.4, -0.2) is 22.3 Å². The quantitative estimate of drug-likeness (QED) is 0.467. The van der Waals surface area contributed by atoms with E-state index >= 15 is 0 Å². The van der Waals surface area contributed by atoms with Gasteiger partial charge < -0.3 is 4.74 Å². The number of hydrogen-bond donors (Lipinski definition) is 0. The second-order valence-corrected chi connectivity index (χ2v) is 5.10. The van der Waals surface area contributed by atoms with Crippen LogP contribution in [0.25, 0.3) is 0 Å². The third kappa shape index (κ3) is 3.95. The molecule has 1 aromatic rings. The molecular weight excluding hydrogens is 230 g/mol.